The van der Waals surface area contributed by atoms with E-state index in [-0.39, 0.29) is 12.2 Å². The lowest BCUT2D eigenvalue weighted by Gasteiger charge is -2.13. The van der Waals surface area contributed by atoms with Crippen LogP contribution in [-0.4, -0.2) is 27.7 Å². The maximum Gasteiger partial charge on any atom is 0.303 e. The van der Waals surface area contributed by atoms with Crippen LogP contribution in [0.1, 0.15) is 18.4 Å². The summed E-state index contributed by atoms with van der Waals surface area (Å²) in [6.07, 6.45) is 0.539. The van der Waals surface area contributed by atoms with Gasteiger partial charge in [0.1, 0.15) is 11.6 Å². The van der Waals surface area contributed by atoms with Crippen molar-refractivity contribution in [1.29, 1.82) is 0 Å². The lowest BCUT2D eigenvalue weighted by Crippen LogP contribution is -2.06. The molecule has 7 heteroatoms. The number of nitrogens with zero attached hydrogens (tertiary/aromatic N) is 1. The Morgan fingerprint density at radius 1 is 1.03 bits per heavy atom. The number of phenolic OH excluding ortho intramolecular Hbond substituents is 1. The highest BCUT2D eigenvalue weighted by Gasteiger charge is 2.12. The third kappa shape index (κ3) is 5.62. The van der Waals surface area contributed by atoms with E-state index in [1.165, 1.54) is 0 Å². The van der Waals surface area contributed by atoms with E-state index < -0.39 is 5.97 Å². The number of phenols is 1. The van der Waals surface area contributed by atoms with E-state index in [0.717, 1.165) is 16.7 Å². The number of carbonyl (C=O) groups is 1. The zero-order valence-electron chi connectivity index (χ0n) is 15.7. The molecule has 5 nitrogen and oxygen atoms in total. The Bertz CT molecular complexity index is 1030. The molecule has 0 spiro atoms. The van der Waals surface area contributed by atoms with Crippen molar-refractivity contribution in [3.63, 3.8) is 0 Å². The number of aliphatic carboxylic acids is 1. The third-order valence-corrected chi connectivity index (χ3v) is 4.76. The van der Waals surface area contributed by atoms with Crippen LogP contribution in [0.4, 0.5) is 5.82 Å². The fourth-order valence-electron chi connectivity index (χ4n) is 2.96. The summed E-state index contributed by atoms with van der Waals surface area (Å²) in [5.74, 6) is -0.145. The number of rotatable bonds is 7. The van der Waals surface area contributed by atoms with Crippen LogP contribution >= 0.6 is 23.2 Å². The first-order valence-corrected chi connectivity index (χ1v) is 9.81. The average molecular weight is 431 g/mol. The molecule has 0 atom stereocenters. The van der Waals surface area contributed by atoms with Gasteiger partial charge < -0.3 is 15.5 Å². The topological polar surface area (TPSA) is 82.5 Å². The monoisotopic (exact) mass is 430 g/mol. The molecule has 0 saturated carbocycles. The molecular weight excluding hydrogens is 411 g/mol. The first-order chi connectivity index (χ1) is 13.8. The fraction of sp³-hybridized carbons (Fsp3) is 0.182. The number of hydrogen-bond donors (Lipinski definition) is 3. The highest BCUT2D eigenvalue weighted by Crippen LogP contribution is 2.34. The van der Waals surface area contributed by atoms with Crippen molar-refractivity contribution in [1.82, 2.24) is 4.98 Å². The van der Waals surface area contributed by atoms with Gasteiger partial charge in [0.05, 0.1) is 5.69 Å². The van der Waals surface area contributed by atoms with Gasteiger partial charge in [-0.05, 0) is 66.9 Å². The first kappa shape index (κ1) is 21.0. The molecule has 1 heterocycles. The van der Waals surface area contributed by atoms with Crippen molar-refractivity contribution in [2.45, 2.75) is 19.8 Å². The molecule has 0 bridgehead atoms. The molecule has 3 N–H and O–H groups in total. The smallest absolute Gasteiger partial charge is 0.303 e. The number of carboxylic acid groups (broad SMARTS) is 1. The standard InChI is InChI=1S/C22H20Cl2N2O3/c1-13-4-5-20(27)18(7-13)19-10-15(14-8-16(23)12-17(24)9-14)11-21(26-19)25-6-2-3-22(28)29/h4-5,7-12,27H,2-3,6H2,1H3,(H,25,26)(H,28,29). The van der Waals surface area contributed by atoms with Gasteiger partial charge in [0.2, 0.25) is 0 Å². The number of anilines is 1. The summed E-state index contributed by atoms with van der Waals surface area (Å²) in [6.45, 7) is 2.40. The highest BCUT2D eigenvalue weighted by atomic mass is 35.5. The van der Waals surface area contributed by atoms with Gasteiger partial charge in [-0.3, -0.25) is 4.79 Å². The number of aromatic hydroxyl groups is 1. The van der Waals surface area contributed by atoms with Crippen LogP contribution in [-0.2, 0) is 4.79 Å². The van der Waals surface area contributed by atoms with Crippen molar-refractivity contribution in [2.75, 3.05) is 11.9 Å². The van der Waals surface area contributed by atoms with Crippen molar-refractivity contribution in [2.24, 2.45) is 0 Å². The van der Waals surface area contributed by atoms with E-state index in [4.69, 9.17) is 28.3 Å². The van der Waals surface area contributed by atoms with Gasteiger partial charge in [0, 0.05) is 28.6 Å². The minimum Gasteiger partial charge on any atom is -0.507 e. The maximum absolute atomic E-state index is 10.7. The lowest BCUT2D eigenvalue weighted by atomic mass is 10.0. The zero-order chi connectivity index (χ0) is 21.0. The van der Waals surface area contributed by atoms with Gasteiger partial charge >= 0.3 is 5.97 Å². The molecule has 3 aromatic rings. The Hall–Kier alpha value is -2.76. The van der Waals surface area contributed by atoms with Gasteiger partial charge in [0.15, 0.2) is 0 Å². The van der Waals surface area contributed by atoms with Crippen LogP contribution in [0.2, 0.25) is 10.0 Å². The Balaban J connectivity index is 2.04. The fourth-order valence-corrected chi connectivity index (χ4v) is 3.48. The molecule has 0 saturated heterocycles. The normalized spacial score (nSPS) is 10.7. The summed E-state index contributed by atoms with van der Waals surface area (Å²) >= 11 is 12.3. The van der Waals surface area contributed by atoms with Crippen molar-refractivity contribution in [3.8, 4) is 28.1 Å². The summed E-state index contributed by atoms with van der Waals surface area (Å²) in [4.78, 5) is 15.3. The van der Waals surface area contributed by atoms with Crippen LogP contribution in [0.3, 0.4) is 0 Å². The van der Waals surface area contributed by atoms with Crippen LogP contribution in [0.15, 0.2) is 48.5 Å². The van der Waals surface area contributed by atoms with Crippen molar-refractivity contribution in [3.05, 3.63) is 64.1 Å². The number of pyridine rings is 1. The Labute approximate surface area is 178 Å². The van der Waals surface area contributed by atoms with E-state index >= 15 is 0 Å². The highest BCUT2D eigenvalue weighted by molar-refractivity contribution is 6.35. The summed E-state index contributed by atoms with van der Waals surface area (Å²) in [5, 5.41) is 23.3. The van der Waals surface area contributed by atoms with Crippen molar-refractivity contribution >= 4 is 35.0 Å². The molecule has 3 rings (SSSR count). The molecule has 0 aliphatic carbocycles. The van der Waals surface area contributed by atoms with E-state index in [9.17, 15) is 9.90 Å². The second kappa shape index (κ2) is 9.16. The number of hydrogen-bond acceptors (Lipinski definition) is 4. The average Bonchev–Trinajstić information content (AvgIpc) is 2.66. The second-order valence-corrected chi connectivity index (χ2v) is 7.60. The predicted molar refractivity (Wildman–Crippen MR) is 117 cm³/mol. The number of nitrogens with one attached hydrogen (secondary N) is 1. The molecule has 0 unspecified atom stereocenters. The Kier molecular flexibility index (Phi) is 6.62. The molecule has 0 fully saturated rings. The van der Waals surface area contributed by atoms with E-state index in [1.54, 1.807) is 24.3 Å². The molecular formula is C22H20Cl2N2O3. The minimum absolute atomic E-state index is 0.0715. The number of benzene rings is 2. The predicted octanol–water partition coefficient (Wildman–Crippen LogP) is 6.01. The first-order valence-electron chi connectivity index (χ1n) is 9.06. The van der Waals surface area contributed by atoms with E-state index in [2.05, 4.69) is 10.3 Å². The van der Waals surface area contributed by atoms with Crippen LogP contribution < -0.4 is 5.32 Å². The van der Waals surface area contributed by atoms with Crippen LogP contribution in [0, 0.1) is 6.92 Å². The van der Waals surface area contributed by atoms with Gasteiger partial charge in [0.25, 0.3) is 0 Å². The summed E-state index contributed by atoms with van der Waals surface area (Å²) in [6, 6.07) is 14.3. The number of aryl methyl sites for hydroxylation is 1. The third-order valence-electron chi connectivity index (χ3n) is 4.32. The molecule has 2 aromatic carbocycles. The molecule has 0 amide bonds. The summed E-state index contributed by atoms with van der Waals surface area (Å²) < 4.78 is 0. The largest absolute Gasteiger partial charge is 0.507 e. The lowest BCUT2D eigenvalue weighted by molar-refractivity contribution is -0.137. The Morgan fingerprint density at radius 3 is 2.41 bits per heavy atom. The second-order valence-electron chi connectivity index (χ2n) is 6.73. The van der Waals surface area contributed by atoms with Gasteiger partial charge in [-0.15, -0.1) is 0 Å². The molecule has 0 radical (unpaired) electrons. The van der Waals surface area contributed by atoms with E-state index in [1.807, 2.05) is 31.2 Å². The maximum atomic E-state index is 10.7. The quantitative estimate of drug-likeness (QED) is 0.399. The number of carboxylic acids is 1. The Morgan fingerprint density at radius 2 is 1.72 bits per heavy atom. The zero-order valence-corrected chi connectivity index (χ0v) is 17.3. The molecule has 0 aliphatic heterocycles. The van der Waals surface area contributed by atoms with Crippen LogP contribution in [0.25, 0.3) is 22.4 Å². The number of halogens is 2. The molecule has 150 valence electrons. The summed E-state index contributed by atoms with van der Waals surface area (Å²) in [7, 11) is 0. The van der Waals surface area contributed by atoms with Crippen LogP contribution in [0.5, 0.6) is 5.75 Å². The van der Waals surface area contributed by atoms with Gasteiger partial charge in [-0.2, -0.15) is 0 Å². The SMILES string of the molecule is Cc1ccc(O)c(-c2cc(-c3cc(Cl)cc(Cl)c3)cc(NCCCC(=O)O)n2)c1. The van der Waals surface area contributed by atoms with Gasteiger partial charge in [-0.25, -0.2) is 4.98 Å². The molecule has 0 aliphatic rings. The minimum atomic E-state index is -0.840. The number of aromatic nitrogens is 1. The van der Waals surface area contributed by atoms with Gasteiger partial charge in [-0.1, -0.05) is 34.8 Å². The molecule has 29 heavy (non-hydrogen) atoms. The molecule has 1 aromatic heterocycles. The van der Waals surface area contributed by atoms with E-state index in [0.29, 0.717) is 40.1 Å². The van der Waals surface area contributed by atoms with Crippen molar-refractivity contribution < 1.29 is 15.0 Å². The summed E-state index contributed by atoms with van der Waals surface area (Å²) in [5.41, 5.74) is 3.81.